The minimum Gasteiger partial charge on any atom is -0.472 e. The molecule has 5 aliphatic rings. The molecule has 11 nitrogen and oxygen atoms in total. The standard InChI is InChI=1S/C33H44O11/c1-7-15(2)28(40)44-29-31(5)21-11-22(37)32(6)24-19(35)10-18(17-8-9-41-13-17)30(24,4)12-20(36)25(32)33(21,14-42-29)26(39)23(38)27(31)43-16(3)34/h8-9,13,15,18,21-27,29,37-39H,7,10-12,14H2,1-6H3. The number of aliphatic hydroxyl groups excluding tert-OH is 3. The third-order valence-corrected chi connectivity index (χ3v) is 12.7. The maximum Gasteiger partial charge on any atom is 0.310 e. The molecule has 14 unspecified atom stereocenters. The molecule has 11 heteroatoms. The number of ketones is 2. The molecule has 1 aromatic heterocycles. The molecule has 14 atom stereocenters. The Hall–Kier alpha value is -2.60. The number of esters is 2. The number of carbonyl (C=O) groups excluding carboxylic acids is 4. The summed E-state index contributed by atoms with van der Waals surface area (Å²) in [6.45, 7) is 9.80. The zero-order valence-corrected chi connectivity index (χ0v) is 26.1. The number of aliphatic hydroxyl groups is 3. The van der Waals surface area contributed by atoms with Gasteiger partial charge in [0.1, 0.15) is 23.8 Å². The van der Waals surface area contributed by atoms with Crippen LogP contribution in [0.25, 0.3) is 0 Å². The van der Waals surface area contributed by atoms with Crippen molar-refractivity contribution in [2.75, 3.05) is 6.61 Å². The molecule has 5 fully saturated rings. The van der Waals surface area contributed by atoms with Crippen LogP contribution in [0.4, 0.5) is 0 Å². The van der Waals surface area contributed by atoms with Crippen LogP contribution in [-0.4, -0.2) is 76.1 Å². The van der Waals surface area contributed by atoms with E-state index in [0.717, 1.165) is 5.56 Å². The lowest BCUT2D eigenvalue weighted by Crippen LogP contribution is -2.82. The summed E-state index contributed by atoms with van der Waals surface area (Å²) in [7, 11) is 0. The van der Waals surface area contributed by atoms with E-state index in [-0.39, 0.29) is 43.4 Å². The quantitative estimate of drug-likeness (QED) is 0.416. The fourth-order valence-electron chi connectivity index (χ4n) is 10.7. The summed E-state index contributed by atoms with van der Waals surface area (Å²) in [5.41, 5.74) is -4.23. The Morgan fingerprint density at radius 2 is 1.77 bits per heavy atom. The van der Waals surface area contributed by atoms with Crippen molar-refractivity contribution in [3.8, 4) is 0 Å². The first-order valence-corrected chi connectivity index (χ1v) is 15.7. The van der Waals surface area contributed by atoms with Crippen LogP contribution in [0, 0.1) is 45.3 Å². The second-order valence-electron chi connectivity index (χ2n) is 14.8. The predicted octanol–water partition coefficient (Wildman–Crippen LogP) is 2.54. The summed E-state index contributed by atoms with van der Waals surface area (Å²) >= 11 is 0. The van der Waals surface area contributed by atoms with Gasteiger partial charge in [-0.2, -0.15) is 0 Å². The maximum atomic E-state index is 14.6. The first-order valence-electron chi connectivity index (χ1n) is 15.7. The fourth-order valence-corrected chi connectivity index (χ4v) is 10.7. The largest absolute Gasteiger partial charge is 0.472 e. The summed E-state index contributed by atoms with van der Waals surface area (Å²) in [4.78, 5) is 54.0. The monoisotopic (exact) mass is 616 g/mol. The highest BCUT2D eigenvalue weighted by Gasteiger charge is 2.82. The normalized spacial score (nSPS) is 48.5. The van der Waals surface area contributed by atoms with Crippen molar-refractivity contribution in [2.45, 2.75) is 104 Å². The smallest absolute Gasteiger partial charge is 0.310 e. The minimum absolute atomic E-state index is 0.00466. The Bertz CT molecular complexity index is 1360. The zero-order valence-electron chi connectivity index (χ0n) is 26.1. The first kappa shape index (κ1) is 31.4. The molecular weight excluding hydrogens is 572 g/mol. The van der Waals surface area contributed by atoms with Gasteiger partial charge in [0.15, 0.2) is 0 Å². The van der Waals surface area contributed by atoms with Crippen LogP contribution >= 0.6 is 0 Å². The summed E-state index contributed by atoms with van der Waals surface area (Å²) in [5.74, 6) is -4.93. The number of ether oxygens (including phenoxy) is 3. The third-order valence-electron chi connectivity index (χ3n) is 12.7. The van der Waals surface area contributed by atoms with Crippen LogP contribution in [-0.2, 0) is 33.4 Å². The average molecular weight is 617 g/mol. The van der Waals surface area contributed by atoms with Crippen LogP contribution < -0.4 is 0 Å². The SMILES string of the molecule is CCC(C)C(=O)OC1OCC23C(O)C(O)C(OC(C)=O)C1(C)C2CC(O)C1(C)C2C(=O)CC(c4ccoc4)C2(C)CC(=O)C13. The number of hydrogen-bond donors (Lipinski definition) is 3. The lowest BCUT2D eigenvalue weighted by Gasteiger charge is -2.73. The van der Waals surface area contributed by atoms with Gasteiger partial charge in [-0.3, -0.25) is 19.2 Å². The summed E-state index contributed by atoms with van der Waals surface area (Å²) in [5, 5.41) is 35.9. The van der Waals surface area contributed by atoms with Gasteiger partial charge in [-0.15, -0.1) is 0 Å². The van der Waals surface area contributed by atoms with Crippen molar-refractivity contribution in [3.05, 3.63) is 24.2 Å². The van der Waals surface area contributed by atoms with Crippen molar-refractivity contribution in [1.29, 1.82) is 0 Å². The van der Waals surface area contributed by atoms with Gasteiger partial charge in [-0.1, -0.05) is 27.7 Å². The topological polar surface area (TPSA) is 170 Å². The van der Waals surface area contributed by atoms with Crippen molar-refractivity contribution in [3.63, 3.8) is 0 Å². The van der Waals surface area contributed by atoms with E-state index in [9.17, 15) is 34.5 Å². The van der Waals surface area contributed by atoms with Gasteiger partial charge in [0.25, 0.3) is 0 Å². The summed E-state index contributed by atoms with van der Waals surface area (Å²) in [6.07, 6.45) is -3.30. The van der Waals surface area contributed by atoms with Gasteiger partial charge in [-0.05, 0) is 42.7 Å². The van der Waals surface area contributed by atoms with E-state index < -0.39 is 88.0 Å². The Morgan fingerprint density at radius 3 is 2.39 bits per heavy atom. The van der Waals surface area contributed by atoms with Gasteiger partial charge < -0.3 is 33.9 Å². The van der Waals surface area contributed by atoms with Crippen LogP contribution in [0.15, 0.2) is 23.0 Å². The molecule has 0 spiro atoms. The van der Waals surface area contributed by atoms with Crippen LogP contribution in [0.3, 0.4) is 0 Å². The Morgan fingerprint density at radius 1 is 1.07 bits per heavy atom. The van der Waals surface area contributed by atoms with Gasteiger partial charge in [0, 0.05) is 48.3 Å². The number of hydrogen-bond acceptors (Lipinski definition) is 11. The van der Waals surface area contributed by atoms with Crippen molar-refractivity contribution in [1.82, 2.24) is 0 Å². The molecule has 1 aliphatic heterocycles. The predicted molar refractivity (Wildman–Crippen MR) is 151 cm³/mol. The Labute approximate surface area is 256 Å². The third kappa shape index (κ3) is 3.82. The average Bonchev–Trinajstić information content (AvgIpc) is 3.58. The van der Waals surface area contributed by atoms with Crippen LogP contribution in [0.2, 0.25) is 0 Å². The lowest BCUT2D eigenvalue weighted by molar-refractivity contribution is -0.387. The van der Waals surface area contributed by atoms with E-state index in [1.807, 2.05) is 13.8 Å². The molecule has 44 heavy (non-hydrogen) atoms. The molecule has 6 rings (SSSR count). The highest BCUT2D eigenvalue weighted by Crippen LogP contribution is 2.75. The van der Waals surface area contributed by atoms with Crippen molar-refractivity contribution in [2.24, 2.45) is 45.3 Å². The molecule has 2 bridgehead atoms. The van der Waals surface area contributed by atoms with E-state index in [1.54, 1.807) is 33.1 Å². The molecule has 1 saturated heterocycles. The molecule has 242 valence electrons. The van der Waals surface area contributed by atoms with Crippen molar-refractivity contribution < 1.29 is 53.1 Å². The fraction of sp³-hybridized carbons (Fsp3) is 0.758. The second kappa shape index (κ2) is 10.2. The number of furan rings is 1. The molecule has 3 N–H and O–H groups in total. The number of rotatable bonds is 5. The molecule has 1 aromatic rings. The van der Waals surface area contributed by atoms with E-state index >= 15 is 0 Å². The minimum atomic E-state index is -1.66. The highest BCUT2D eigenvalue weighted by atomic mass is 16.7. The number of Topliss-reactive ketones (excluding diaryl/α,β-unsaturated/α-hetero) is 2. The number of carbonyl (C=O) groups is 4. The summed E-state index contributed by atoms with van der Waals surface area (Å²) < 4.78 is 23.1. The van der Waals surface area contributed by atoms with E-state index in [2.05, 4.69) is 0 Å². The molecule has 0 amide bonds. The molecule has 0 aromatic carbocycles. The molecule has 0 radical (unpaired) electrons. The molecular formula is C33H44O11. The van der Waals surface area contributed by atoms with Gasteiger partial charge in [0.2, 0.25) is 6.29 Å². The van der Waals surface area contributed by atoms with Gasteiger partial charge in [0.05, 0.1) is 42.7 Å². The second-order valence-corrected chi connectivity index (χ2v) is 14.8. The van der Waals surface area contributed by atoms with Gasteiger partial charge >= 0.3 is 11.9 Å². The van der Waals surface area contributed by atoms with E-state index in [4.69, 9.17) is 18.6 Å². The van der Waals surface area contributed by atoms with Gasteiger partial charge in [-0.25, -0.2) is 0 Å². The number of fused-ring (bicyclic) bond motifs is 3. The summed E-state index contributed by atoms with van der Waals surface area (Å²) in [6, 6.07) is 1.80. The van der Waals surface area contributed by atoms with E-state index in [0.29, 0.717) is 6.42 Å². The maximum absolute atomic E-state index is 14.6. The zero-order chi connectivity index (χ0) is 32.1. The van der Waals surface area contributed by atoms with Crippen LogP contribution in [0.1, 0.15) is 78.7 Å². The Balaban J connectivity index is 1.50. The lowest BCUT2D eigenvalue weighted by atomic mass is 9.33. The Kier molecular flexibility index (Phi) is 7.28. The van der Waals surface area contributed by atoms with Crippen molar-refractivity contribution >= 4 is 23.5 Å². The molecule has 4 aliphatic carbocycles. The molecule has 4 saturated carbocycles. The van der Waals surface area contributed by atoms with E-state index in [1.165, 1.54) is 13.2 Å². The highest BCUT2D eigenvalue weighted by molar-refractivity contribution is 5.94. The first-order chi connectivity index (χ1) is 20.6. The molecule has 2 heterocycles. The van der Waals surface area contributed by atoms with Crippen LogP contribution in [0.5, 0.6) is 0 Å².